The SMILES string of the molecule is CN1C(=O)Cc2ccc(F)cc2C1=O. The Bertz CT molecular complexity index is 428. The molecule has 0 bridgehead atoms. The summed E-state index contributed by atoms with van der Waals surface area (Å²) in [5.74, 6) is -1.15. The van der Waals surface area contributed by atoms with Gasteiger partial charge in [-0.1, -0.05) is 6.07 Å². The highest BCUT2D eigenvalue weighted by atomic mass is 19.1. The number of halogens is 1. The summed E-state index contributed by atoms with van der Waals surface area (Å²) < 4.78 is 12.8. The number of imide groups is 1. The van der Waals surface area contributed by atoms with Crippen LogP contribution in [0.5, 0.6) is 0 Å². The Morgan fingerprint density at radius 2 is 2.07 bits per heavy atom. The van der Waals surface area contributed by atoms with Crippen LogP contribution in [-0.2, 0) is 11.2 Å². The van der Waals surface area contributed by atoms with Crippen molar-refractivity contribution in [3.05, 3.63) is 35.1 Å². The monoisotopic (exact) mass is 193 g/mol. The van der Waals surface area contributed by atoms with Crippen LogP contribution in [0, 0.1) is 5.82 Å². The molecule has 0 unspecified atom stereocenters. The van der Waals surface area contributed by atoms with Crippen LogP contribution in [0.3, 0.4) is 0 Å². The van der Waals surface area contributed by atoms with Crippen LogP contribution in [0.1, 0.15) is 15.9 Å². The van der Waals surface area contributed by atoms with E-state index in [0.29, 0.717) is 5.56 Å². The Kier molecular flexibility index (Phi) is 1.84. The number of rotatable bonds is 0. The maximum atomic E-state index is 12.8. The molecule has 4 heteroatoms. The average molecular weight is 193 g/mol. The molecule has 1 heterocycles. The molecule has 0 fully saturated rings. The molecule has 0 atom stereocenters. The normalized spacial score (nSPS) is 15.7. The maximum absolute atomic E-state index is 12.8. The van der Waals surface area contributed by atoms with Gasteiger partial charge in [0.25, 0.3) is 5.91 Å². The standard InChI is InChI=1S/C10H8FNO2/c1-12-9(13)4-6-2-3-7(11)5-8(6)10(12)14/h2-3,5H,4H2,1H3. The van der Waals surface area contributed by atoms with E-state index in [1.165, 1.54) is 25.2 Å². The van der Waals surface area contributed by atoms with Gasteiger partial charge >= 0.3 is 0 Å². The summed E-state index contributed by atoms with van der Waals surface area (Å²) in [6.45, 7) is 0. The molecule has 0 saturated carbocycles. The molecule has 0 aliphatic carbocycles. The van der Waals surface area contributed by atoms with Gasteiger partial charge in [0.05, 0.1) is 6.42 Å². The average Bonchev–Trinajstić information content (AvgIpc) is 2.16. The molecule has 1 aromatic rings. The number of amides is 2. The fourth-order valence-electron chi connectivity index (χ4n) is 1.48. The number of carbonyl (C=O) groups excluding carboxylic acids is 2. The van der Waals surface area contributed by atoms with Gasteiger partial charge in [-0.3, -0.25) is 14.5 Å². The molecule has 14 heavy (non-hydrogen) atoms. The zero-order chi connectivity index (χ0) is 10.3. The summed E-state index contributed by atoms with van der Waals surface area (Å²) in [6.07, 6.45) is 0.165. The van der Waals surface area contributed by atoms with E-state index in [1.54, 1.807) is 0 Å². The first-order valence-electron chi connectivity index (χ1n) is 4.19. The summed E-state index contributed by atoms with van der Waals surface area (Å²) in [4.78, 5) is 23.8. The van der Waals surface area contributed by atoms with E-state index in [1.807, 2.05) is 0 Å². The van der Waals surface area contributed by atoms with E-state index in [4.69, 9.17) is 0 Å². The van der Waals surface area contributed by atoms with Gasteiger partial charge in [-0.25, -0.2) is 4.39 Å². The van der Waals surface area contributed by atoms with Crippen molar-refractivity contribution < 1.29 is 14.0 Å². The van der Waals surface area contributed by atoms with Crippen molar-refractivity contribution in [1.82, 2.24) is 4.90 Å². The topological polar surface area (TPSA) is 37.4 Å². The van der Waals surface area contributed by atoms with Crippen molar-refractivity contribution in [3.8, 4) is 0 Å². The molecule has 2 rings (SSSR count). The molecule has 1 aromatic carbocycles. The zero-order valence-corrected chi connectivity index (χ0v) is 7.58. The molecule has 2 amide bonds. The van der Waals surface area contributed by atoms with Crippen LogP contribution in [0.2, 0.25) is 0 Å². The van der Waals surface area contributed by atoms with Gasteiger partial charge in [-0.2, -0.15) is 0 Å². The second-order valence-corrected chi connectivity index (χ2v) is 3.24. The van der Waals surface area contributed by atoms with Crippen LogP contribution >= 0.6 is 0 Å². The fraction of sp³-hybridized carbons (Fsp3) is 0.200. The highest BCUT2D eigenvalue weighted by Crippen LogP contribution is 2.19. The Morgan fingerprint density at radius 3 is 2.79 bits per heavy atom. The quantitative estimate of drug-likeness (QED) is 0.576. The lowest BCUT2D eigenvalue weighted by atomic mass is 9.99. The Labute approximate surface area is 80.1 Å². The lowest BCUT2D eigenvalue weighted by molar-refractivity contribution is -0.127. The predicted molar refractivity (Wildman–Crippen MR) is 47.2 cm³/mol. The summed E-state index contributed by atoms with van der Waals surface area (Å²) in [5.41, 5.74) is 0.881. The number of nitrogens with zero attached hydrogens (tertiary/aromatic N) is 1. The highest BCUT2D eigenvalue weighted by molar-refractivity contribution is 6.09. The third kappa shape index (κ3) is 1.19. The number of hydrogen-bond donors (Lipinski definition) is 0. The largest absolute Gasteiger partial charge is 0.281 e. The molecular formula is C10H8FNO2. The summed E-state index contributed by atoms with van der Waals surface area (Å²) in [6, 6.07) is 3.90. The van der Waals surface area contributed by atoms with Crippen molar-refractivity contribution in [2.24, 2.45) is 0 Å². The molecule has 72 valence electrons. The first kappa shape index (κ1) is 8.87. The van der Waals surface area contributed by atoms with Gasteiger partial charge < -0.3 is 0 Å². The molecule has 0 N–H and O–H groups in total. The van der Waals surface area contributed by atoms with Crippen molar-refractivity contribution in [3.63, 3.8) is 0 Å². The van der Waals surface area contributed by atoms with Gasteiger partial charge in [-0.15, -0.1) is 0 Å². The van der Waals surface area contributed by atoms with E-state index in [2.05, 4.69) is 0 Å². The number of carbonyl (C=O) groups is 2. The second-order valence-electron chi connectivity index (χ2n) is 3.24. The van der Waals surface area contributed by atoms with E-state index < -0.39 is 11.7 Å². The van der Waals surface area contributed by atoms with E-state index in [0.717, 1.165) is 4.90 Å². The van der Waals surface area contributed by atoms with Gasteiger partial charge in [0.1, 0.15) is 5.82 Å². The lowest BCUT2D eigenvalue weighted by Crippen LogP contribution is -2.39. The van der Waals surface area contributed by atoms with Gasteiger partial charge in [0, 0.05) is 12.6 Å². The third-order valence-corrected chi connectivity index (χ3v) is 2.32. The Balaban J connectivity index is 2.57. The van der Waals surface area contributed by atoms with Gasteiger partial charge in [0.2, 0.25) is 5.91 Å². The number of likely N-dealkylation sites (N-methyl/N-ethyl adjacent to an activating group) is 1. The fourth-order valence-corrected chi connectivity index (χ4v) is 1.48. The smallest absolute Gasteiger partial charge is 0.260 e. The highest BCUT2D eigenvalue weighted by Gasteiger charge is 2.27. The van der Waals surface area contributed by atoms with Crippen LogP contribution in [0.15, 0.2) is 18.2 Å². The molecule has 0 radical (unpaired) electrons. The summed E-state index contributed by atoms with van der Waals surface area (Å²) >= 11 is 0. The van der Waals surface area contributed by atoms with E-state index in [9.17, 15) is 14.0 Å². The van der Waals surface area contributed by atoms with Crippen molar-refractivity contribution >= 4 is 11.8 Å². The Morgan fingerprint density at radius 1 is 1.36 bits per heavy atom. The van der Waals surface area contributed by atoms with Gasteiger partial charge in [-0.05, 0) is 17.7 Å². The minimum Gasteiger partial charge on any atom is -0.281 e. The molecule has 0 aromatic heterocycles. The van der Waals surface area contributed by atoms with E-state index >= 15 is 0 Å². The number of fused-ring (bicyclic) bond motifs is 1. The minimum absolute atomic E-state index is 0.165. The van der Waals surface area contributed by atoms with E-state index in [-0.39, 0.29) is 17.9 Å². The first-order chi connectivity index (χ1) is 6.59. The second kappa shape index (κ2) is 2.90. The molecular weight excluding hydrogens is 185 g/mol. The van der Waals surface area contributed by atoms with Gasteiger partial charge in [0.15, 0.2) is 0 Å². The van der Waals surface area contributed by atoms with Crippen LogP contribution in [0.4, 0.5) is 4.39 Å². The number of benzene rings is 1. The first-order valence-corrected chi connectivity index (χ1v) is 4.19. The minimum atomic E-state index is -0.458. The molecule has 1 aliphatic heterocycles. The lowest BCUT2D eigenvalue weighted by Gasteiger charge is -2.22. The molecule has 1 aliphatic rings. The maximum Gasteiger partial charge on any atom is 0.260 e. The molecule has 3 nitrogen and oxygen atoms in total. The van der Waals surface area contributed by atoms with Crippen molar-refractivity contribution in [2.45, 2.75) is 6.42 Å². The molecule has 0 saturated heterocycles. The van der Waals surface area contributed by atoms with Crippen LogP contribution in [0.25, 0.3) is 0 Å². The Hall–Kier alpha value is -1.71. The summed E-state index contributed by atoms with van der Waals surface area (Å²) in [7, 11) is 1.40. The molecule has 0 spiro atoms. The van der Waals surface area contributed by atoms with Crippen molar-refractivity contribution in [1.29, 1.82) is 0 Å². The zero-order valence-electron chi connectivity index (χ0n) is 7.58. The van der Waals surface area contributed by atoms with Crippen molar-refractivity contribution in [2.75, 3.05) is 7.05 Å². The van der Waals surface area contributed by atoms with Crippen LogP contribution in [-0.4, -0.2) is 23.8 Å². The third-order valence-electron chi connectivity index (χ3n) is 2.32. The summed E-state index contributed by atoms with van der Waals surface area (Å²) in [5, 5.41) is 0. The number of hydrogen-bond acceptors (Lipinski definition) is 2. The predicted octanol–water partition coefficient (Wildman–Crippen LogP) is 0.980. The van der Waals surface area contributed by atoms with Crippen LogP contribution < -0.4 is 0 Å².